The maximum Gasteiger partial charge on any atom is 0.309 e. The van der Waals surface area contributed by atoms with Gasteiger partial charge in [-0.25, -0.2) is 0 Å². The summed E-state index contributed by atoms with van der Waals surface area (Å²) in [7, 11) is 0. The van der Waals surface area contributed by atoms with Crippen LogP contribution >= 0.6 is 0 Å². The molecule has 70 valence electrons. The van der Waals surface area contributed by atoms with Gasteiger partial charge in [-0.1, -0.05) is 0 Å². The average Bonchev–Trinajstić information content (AvgIpc) is 2.61. The number of carbonyl (C=O) groups is 1. The van der Waals surface area contributed by atoms with Gasteiger partial charge < -0.3 is 9.15 Å². The van der Waals surface area contributed by atoms with E-state index in [1.165, 1.54) is 0 Å². The van der Waals surface area contributed by atoms with E-state index in [0.29, 0.717) is 6.61 Å². The second-order valence-corrected chi connectivity index (χ2v) is 3.28. The summed E-state index contributed by atoms with van der Waals surface area (Å²) < 4.78 is 9.98. The Morgan fingerprint density at radius 2 is 2.15 bits per heavy atom. The molecule has 13 heavy (non-hydrogen) atoms. The van der Waals surface area contributed by atoms with Crippen LogP contribution in [0.4, 0.5) is 0 Å². The van der Waals surface area contributed by atoms with Crippen molar-refractivity contribution in [1.82, 2.24) is 0 Å². The SMILES string of the molecule is CCOC(=O)C1Cc2cocc2C1. The van der Waals surface area contributed by atoms with E-state index in [4.69, 9.17) is 9.15 Å². The number of rotatable bonds is 2. The minimum absolute atomic E-state index is 0.0151. The van der Waals surface area contributed by atoms with Gasteiger partial charge in [0.15, 0.2) is 0 Å². The largest absolute Gasteiger partial charge is 0.472 e. The van der Waals surface area contributed by atoms with Gasteiger partial charge in [0.2, 0.25) is 0 Å². The van der Waals surface area contributed by atoms with Crippen LogP contribution in [0.5, 0.6) is 0 Å². The lowest BCUT2D eigenvalue weighted by Gasteiger charge is -2.07. The highest BCUT2D eigenvalue weighted by atomic mass is 16.5. The fourth-order valence-electron chi connectivity index (χ4n) is 1.74. The molecule has 3 nitrogen and oxygen atoms in total. The van der Waals surface area contributed by atoms with E-state index in [2.05, 4.69) is 0 Å². The van der Waals surface area contributed by atoms with Gasteiger partial charge in [-0.2, -0.15) is 0 Å². The number of carbonyl (C=O) groups excluding carboxylic acids is 1. The third kappa shape index (κ3) is 1.46. The predicted octanol–water partition coefficient (Wildman–Crippen LogP) is 1.56. The molecule has 0 aliphatic heterocycles. The van der Waals surface area contributed by atoms with Crippen LogP contribution in [0.2, 0.25) is 0 Å². The Balaban J connectivity index is 2.01. The highest BCUT2D eigenvalue weighted by Gasteiger charge is 2.29. The molecule has 2 rings (SSSR count). The first-order valence-electron chi connectivity index (χ1n) is 4.52. The van der Waals surface area contributed by atoms with Crippen molar-refractivity contribution in [3.8, 4) is 0 Å². The average molecular weight is 180 g/mol. The normalized spacial score (nSPS) is 15.8. The summed E-state index contributed by atoms with van der Waals surface area (Å²) in [6.07, 6.45) is 4.97. The Kier molecular flexibility index (Phi) is 2.08. The van der Waals surface area contributed by atoms with Gasteiger partial charge in [-0.15, -0.1) is 0 Å². The minimum Gasteiger partial charge on any atom is -0.472 e. The number of fused-ring (bicyclic) bond motifs is 1. The monoisotopic (exact) mass is 180 g/mol. The molecule has 0 spiro atoms. The Morgan fingerprint density at radius 1 is 1.54 bits per heavy atom. The summed E-state index contributed by atoms with van der Waals surface area (Å²) in [5.41, 5.74) is 2.30. The van der Waals surface area contributed by atoms with E-state index in [1.807, 2.05) is 6.92 Å². The van der Waals surface area contributed by atoms with Gasteiger partial charge in [0.1, 0.15) is 0 Å². The van der Waals surface area contributed by atoms with Crippen LogP contribution in [-0.2, 0) is 22.4 Å². The van der Waals surface area contributed by atoms with Crippen LogP contribution in [0.25, 0.3) is 0 Å². The Morgan fingerprint density at radius 3 is 2.69 bits per heavy atom. The Hall–Kier alpha value is -1.25. The van der Waals surface area contributed by atoms with Crippen LogP contribution in [-0.4, -0.2) is 12.6 Å². The number of ether oxygens (including phenoxy) is 1. The zero-order valence-corrected chi connectivity index (χ0v) is 7.58. The standard InChI is InChI=1S/C10H12O3/c1-2-13-10(11)7-3-8-5-12-6-9(8)4-7/h5-7H,2-4H2,1H3. The molecule has 0 fully saturated rings. The van der Waals surface area contributed by atoms with Crippen LogP contribution in [0.15, 0.2) is 16.9 Å². The Bertz CT molecular complexity index is 293. The highest BCUT2D eigenvalue weighted by molar-refractivity contribution is 5.74. The van der Waals surface area contributed by atoms with E-state index in [1.54, 1.807) is 12.5 Å². The molecule has 3 heteroatoms. The molecule has 1 aliphatic rings. The molecule has 1 aromatic heterocycles. The first-order chi connectivity index (χ1) is 6.31. The molecule has 1 aromatic rings. The molecule has 1 aliphatic carbocycles. The first-order valence-corrected chi connectivity index (χ1v) is 4.52. The van der Waals surface area contributed by atoms with Crippen molar-refractivity contribution in [3.63, 3.8) is 0 Å². The van der Waals surface area contributed by atoms with Gasteiger partial charge >= 0.3 is 5.97 Å². The molecule has 0 atom stereocenters. The minimum atomic E-state index is -0.0845. The van der Waals surface area contributed by atoms with Crippen molar-refractivity contribution in [2.75, 3.05) is 6.61 Å². The van der Waals surface area contributed by atoms with E-state index < -0.39 is 0 Å². The number of esters is 1. The summed E-state index contributed by atoms with van der Waals surface area (Å²) in [5.74, 6) is -0.0694. The lowest BCUT2D eigenvalue weighted by molar-refractivity contribution is -0.147. The molecule has 0 bridgehead atoms. The van der Waals surface area contributed by atoms with E-state index in [9.17, 15) is 4.79 Å². The summed E-state index contributed by atoms with van der Waals surface area (Å²) in [4.78, 5) is 11.4. The van der Waals surface area contributed by atoms with E-state index in [-0.39, 0.29) is 11.9 Å². The van der Waals surface area contributed by atoms with Gasteiger partial charge in [-0.05, 0) is 30.9 Å². The maximum atomic E-state index is 11.4. The summed E-state index contributed by atoms with van der Waals surface area (Å²) in [6.45, 7) is 2.29. The summed E-state index contributed by atoms with van der Waals surface area (Å²) >= 11 is 0. The molecule has 0 amide bonds. The van der Waals surface area contributed by atoms with Crippen LogP contribution < -0.4 is 0 Å². The van der Waals surface area contributed by atoms with Gasteiger partial charge in [-0.3, -0.25) is 4.79 Å². The molecule has 0 radical (unpaired) electrons. The smallest absolute Gasteiger partial charge is 0.309 e. The van der Waals surface area contributed by atoms with Gasteiger partial charge in [0.25, 0.3) is 0 Å². The maximum absolute atomic E-state index is 11.4. The van der Waals surface area contributed by atoms with Gasteiger partial charge in [0.05, 0.1) is 25.1 Å². The molecular formula is C10H12O3. The van der Waals surface area contributed by atoms with Crippen molar-refractivity contribution in [1.29, 1.82) is 0 Å². The zero-order chi connectivity index (χ0) is 9.26. The number of furan rings is 1. The topological polar surface area (TPSA) is 39.4 Å². The molecule has 0 saturated carbocycles. The van der Waals surface area contributed by atoms with E-state index >= 15 is 0 Å². The lowest BCUT2D eigenvalue weighted by atomic mass is 10.1. The number of hydrogen-bond donors (Lipinski definition) is 0. The zero-order valence-electron chi connectivity index (χ0n) is 7.58. The van der Waals surface area contributed by atoms with Crippen LogP contribution in [0, 0.1) is 5.92 Å². The second kappa shape index (κ2) is 3.24. The molecule has 0 aromatic carbocycles. The fraction of sp³-hybridized carbons (Fsp3) is 0.500. The van der Waals surface area contributed by atoms with Crippen molar-refractivity contribution >= 4 is 5.97 Å². The second-order valence-electron chi connectivity index (χ2n) is 3.28. The van der Waals surface area contributed by atoms with Crippen LogP contribution in [0.1, 0.15) is 18.1 Å². The molecular weight excluding hydrogens is 168 g/mol. The third-order valence-corrected chi connectivity index (χ3v) is 2.39. The highest BCUT2D eigenvalue weighted by Crippen LogP contribution is 2.28. The van der Waals surface area contributed by atoms with E-state index in [0.717, 1.165) is 24.0 Å². The van der Waals surface area contributed by atoms with Gasteiger partial charge in [0, 0.05) is 0 Å². The van der Waals surface area contributed by atoms with Crippen molar-refractivity contribution in [2.24, 2.45) is 5.92 Å². The first kappa shape index (κ1) is 8.35. The molecule has 0 saturated heterocycles. The van der Waals surface area contributed by atoms with Crippen LogP contribution in [0.3, 0.4) is 0 Å². The molecule has 0 unspecified atom stereocenters. The Labute approximate surface area is 76.7 Å². The van der Waals surface area contributed by atoms with Crippen molar-refractivity contribution in [2.45, 2.75) is 19.8 Å². The predicted molar refractivity (Wildman–Crippen MR) is 46.2 cm³/mol. The number of hydrogen-bond acceptors (Lipinski definition) is 3. The van der Waals surface area contributed by atoms with Crippen molar-refractivity contribution < 1.29 is 13.9 Å². The summed E-state index contributed by atoms with van der Waals surface area (Å²) in [6, 6.07) is 0. The lowest BCUT2D eigenvalue weighted by Crippen LogP contribution is -2.17. The fourth-order valence-corrected chi connectivity index (χ4v) is 1.74. The quantitative estimate of drug-likeness (QED) is 0.648. The van der Waals surface area contributed by atoms with Crippen molar-refractivity contribution in [3.05, 3.63) is 23.7 Å². The molecule has 1 heterocycles. The third-order valence-electron chi connectivity index (χ3n) is 2.39. The summed E-state index contributed by atoms with van der Waals surface area (Å²) in [5, 5.41) is 0. The molecule has 0 N–H and O–H groups in total.